The molecule has 4 nitrogen and oxygen atoms in total. The van der Waals surface area contributed by atoms with Crippen molar-refractivity contribution in [1.29, 1.82) is 0 Å². The summed E-state index contributed by atoms with van der Waals surface area (Å²) in [5.74, 6) is 2.42. The van der Waals surface area contributed by atoms with Gasteiger partial charge in [0.25, 0.3) is 0 Å². The highest BCUT2D eigenvalue weighted by molar-refractivity contribution is 5.91. The van der Waals surface area contributed by atoms with Crippen LogP contribution in [0.3, 0.4) is 0 Å². The number of benzene rings is 2. The zero-order valence-electron chi connectivity index (χ0n) is 20.3. The van der Waals surface area contributed by atoms with Gasteiger partial charge in [0.2, 0.25) is 0 Å². The van der Waals surface area contributed by atoms with Crippen molar-refractivity contribution in [1.82, 2.24) is 0 Å². The molecule has 0 aliphatic carbocycles. The van der Waals surface area contributed by atoms with Crippen molar-refractivity contribution < 1.29 is 19.0 Å². The Bertz CT molecular complexity index is 767. The minimum absolute atomic E-state index is 0.167. The highest BCUT2D eigenvalue weighted by Crippen LogP contribution is 2.21. The largest absolute Gasteiger partial charge is 0.494 e. The van der Waals surface area contributed by atoms with E-state index in [2.05, 4.69) is 27.7 Å². The third-order valence-corrected chi connectivity index (χ3v) is 5.73. The van der Waals surface area contributed by atoms with E-state index >= 15 is 0 Å². The van der Waals surface area contributed by atoms with Gasteiger partial charge in [-0.25, -0.2) is 4.79 Å². The van der Waals surface area contributed by atoms with E-state index in [1.54, 1.807) is 24.3 Å². The molecule has 0 aliphatic heterocycles. The van der Waals surface area contributed by atoms with E-state index in [-0.39, 0.29) is 12.1 Å². The fraction of sp³-hybridized carbons (Fsp3) is 0.536. The van der Waals surface area contributed by atoms with Crippen LogP contribution in [0.15, 0.2) is 48.5 Å². The summed E-state index contributed by atoms with van der Waals surface area (Å²) < 4.78 is 17.2. The Hall–Kier alpha value is -2.49. The molecule has 0 N–H and O–H groups in total. The first-order valence-electron chi connectivity index (χ1n) is 12.2. The van der Waals surface area contributed by atoms with Crippen molar-refractivity contribution in [2.45, 2.75) is 85.2 Å². The molecule has 1 unspecified atom stereocenters. The first-order valence-corrected chi connectivity index (χ1v) is 12.2. The van der Waals surface area contributed by atoms with Gasteiger partial charge in [-0.15, -0.1) is 0 Å². The van der Waals surface area contributed by atoms with E-state index in [1.165, 1.54) is 38.5 Å². The van der Waals surface area contributed by atoms with E-state index in [9.17, 15) is 4.79 Å². The van der Waals surface area contributed by atoms with Crippen LogP contribution in [-0.2, 0) is 0 Å². The predicted molar refractivity (Wildman–Crippen MR) is 131 cm³/mol. The van der Waals surface area contributed by atoms with Crippen LogP contribution < -0.4 is 14.2 Å². The van der Waals surface area contributed by atoms with E-state index in [1.807, 2.05) is 24.3 Å². The van der Waals surface area contributed by atoms with E-state index in [0.29, 0.717) is 17.9 Å². The number of carbonyl (C=O) groups excluding carboxylic acids is 1. The van der Waals surface area contributed by atoms with Crippen molar-refractivity contribution in [3.05, 3.63) is 54.1 Å². The molecule has 0 aromatic heterocycles. The summed E-state index contributed by atoms with van der Waals surface area (Å²) in [4.78, 5) is 12.4. The van der Waals surface area contributed by atoms with Crippen molar-refractivity contribution in [2.75, 3.05) is 6.61 Å². The lowest BCUT2D eigenvalue weighted by Gasteiger charge is -2.15. The molecule has 0 radical (unpaired) electrons. The van der Waals surface area contributed by atoms with E-state index in [0.717, 1.165) is 30.3 Å². The second-order valence-electron chi connectivity index (χ2n) is 8.67. The van der Waals surface area contributed by atoms with E-state index < -0.39 is 0 Å². The Morgan fingerprint density at radius 1 is 0.781 bits per heavy atom. The summed E-state index contributed by atoms with van der Waals surface area (Å²) in [6, 6.07) is 14.4. The molecule has 0 amide bonds. The summed E-state index contributed by atoms with van der Waals surface area (Å²) >= 11 is 0. The molecule has 4 heteroatoms. The molecule has 2 rings (SSSR count). The molecular weight excluding hydrogens is 400 g/mol. The SMILES string of the molecule is CCCCCC[C@@H](C)Oc1ccc(C(=O)Oc2ccc(OCCCC(C)CC)cc2)cc1. The highest BCUT2D eigenvalue weighted by atomic mass is 16.5. The molecule has 0 saturated heterocycles. The quantitative estimate of drug-likeness (QED) is 0.161. The molecule has 0 spiro atoms. The smallest absolute Gasteiger partial charge is 0.343 e. The van der Waals surface area contributed by atoms with Gasteiger partial charge in [0.15, 0.2) is 0 Å². The second-order valence-corrected chi connectivity index (χ2v) is 8.67. The van der Waals surface area contributed by atoms with Gasteiger partial charge in [0, 0.05) is 0 Å². The van der Waals surface area contributed by atoms with Gasteiger partial charge in [-0.05, 0) is 87.1 Å². The molecule has 2 aromatic rings. The molecule has 32 heavy (non-hydrogen) atoms. The van der Waals surface area contributed by atoms with Gasteiger partial charge in [-0.2, -0.15) is 0 Å². The molecular formula is C28H40O4. The Morgan fingerprint density at radius 3 is 2.09 bits per heavy atom. The van der Waals surface area contributed by atoms with Crippen LogP contribution in [0.2, 0.25) is 0 Å². The predicted octanol–water partition coefficient (Wildman–Crippen LogP) is 7.85. The standard InChI is InChI=1S/C28H40O4/c1-5-7-8-9-12-23(4)31-26-15-13-24(14-16-26)28(29)32-27-19-17-25(18-20-27)30-21-10-11-22(3)6-2/h13-20,22-23H,5-12,21H2,1-4H3/t22?,23-/m1/s1. The summed E-state index contributed by atoms with van der Waals surface area (Å²) in [5, 5.41) is 0. The maximum absolute atomic E-state index is 12.4. The van der Waals surface area contributed by atoms with Crippen LogP contribution in [0, 0.1) is 5.92 Å². The number of carbonyl (C=O) groups is 1. The first kappa shape index (κ1) is 25.8. The minimum atomic E-state index is -0.383. The monoisotopic (exact) mass is 440 g/mol. The van der Waals surface area contributed by atoms with Crippen molar-refractivity contribution >= 4 is 5.97 Å². The van der Waals surface area contributed by atoms with Crippen molar-refractivity contribution in [3.63, 3.8) is 0 Å². The number of hydrogen-bond acceptors (Lipinski definition) is 4. The van der Waals surface area contributed by atoms with Crippen molar-refractivity contribution in [3.8, 4) is 17.2 Å². The normalized spacial score (nSPS) is 12.8. The number of ether oxygens (including phenoxy) is 3. The second kappa shape index (κ2) is 14.5. The summed E-state index contributed by atoms with van der Waals surface area (Å²) in [6.45, 7) is 9.49. The minimum Gasteiger partial charge on any atom is -0.494 e. The Morgan fingerprint density at radius 2 is 1.44 bits per heavy atom. The lowest BCUT2D eigenvalue weighted by molar-refractivity contribution is 0.0734. The Balaban J connectivity index is 1.76. The van der Waals surface area contributed by atoms with Crippen molar-refractivity contribution in [2.24, 2.45) is 5.92 Å². The molecule has 2 aromatic carbocycles. The maximum atomic E-state index is 12.4. The number of esters is 1. The van der Waals surface area contributed by atoms with Gasteiger partial charge < -0.3 is 14.2 Å². The fourth-order valence-electron chi connectivity index (χ4n) is 3.42. The van der Waals surface area contributed by atoms with Gasteiger partial charge in [-0.3, -0.25) is 0 Å². The molecule has 176 valence electrons. The fourth-order valence-corrected chi connectivity index (χ4v) is 3.42. The van der Waals surface area contributed by atoms with Gasteiger partial charge in [0.1, 0.15) is 17.2 Å². The lowest BCUT2D eigenvalue weighted by Crippen LogP contribution is -2.12. The van der Waals surface area contributed by atoms with Crippen LogP contribution in [-0.4, -0.2) is 18.7 Å². The molecule has 2 atom stereocenters. The van der Waals surface area contributed by atoms with Gasteiger partial charge in [0.05, 0.1) is 18.3 Å². The zero-order valence-corrected chi connectivity index (χ0v) is 20.3. The average molecular weight is 441 g/mol. The first-order chi connectivity index (χ1) is 15.5. The van der Waals surface area contributed by atoms with E-state index in [4.69, 9.17) is 14.2 Å². The molecule has 0 heterocycles. The Kier molecular flexibility index (Phi) is 11.7. The average Bonchev–Trinajstić information content (AvgIpc) is 2.81. The molecule has 0 saturated carbocycles. The van der Waals surface area contributed by atoms with Gasteiger partial charge in [-0.1, -0.05) is 46.5 Å². The maximum Gasteiger partial charge on any atom is 0.343 e. The topological polar surface area (TPSA) is 44.8 Å². The van der Waals surface area contributed by atoms with Crippen LogP contribution in [0.25, 0.3) is 0 Å². The zero-order chi connectivity index (χ0) is 23.2. The third kappa shape index (κ3) is 9.76. The third-order valence-electron chi connectivity index (χ3n) is 5.73. The Labute approximate surface area is 194 Å². The molecule has 0 fully saturated rings. The van der Waals surface area contributed by atoms with Crippen LogP contribution in [0.5, 0.6) is 17.2 Å². The van der Waals surface area contributed by atoms with Crippen LogP contribution in [0.4, 0.5) is 0 Å². The number of hydrogen-bond donors (Lipinski definition) is 0. The van der Waals surface area contributed by atoms with Gasteiger partial charge >= 0.3 is 5.97 Å². The summed E-state index contributed by atoms with van der Waals surface area (Å²) in [7, 11) is 0. The number of unbranched alkanes of at least 4 members (excludes halogenated alkanes) is 3. The molecule has 0 aliphatic rings. The lowest BCUT2D eigenvalue weighted by atomic mass is 10.0. The van der Waals surface area contributed by atoms with Crippen LogP contribution >= 0.6 is 0 Å². The number of rotatable bonds is 15. The highest BCUT2D eigenvalue weighted by Gasteiger charge is 2.10. The molecule has 0 bridgehead atoms. The van der Waals surface area contributed by atoms with Crippen LogP contribution in [0.1, 0.15) is 89.4 Å². The summed E-state index contributed by atoms with van der Waals surface area (Å²) in [6.07, 6.45) is 9.58. The summed E-state index contributed by atoms with van der Waals surface area (Å²) in [5.41, 5.74) is 0.498.